The first-order valence-electron chi connectivity index (χ1n) is 4.63. The van der Waals surface area contributed by atoms with Gasteiger partial charge < -0.3 is 9.84 Å². The molecule has 0 aliphatic carbocycles. The monoisotopic (exact) mass is 216 g/mol. The second-order valence-electron chi connectivity index (χ2n) is 2.94. The summed E-state index contributed by atoms with van der Waals surface area (Å²) in [4.78, 5) is 10.6. The van der Waals surface area contributed by atoms with E-state index in [-0.39, 0.29) is 5.56 Å². The Labute approximate surface area is 94.0 Å². The summed E-state index contributed by atoms with van der Waals surface area (Å²) in [7, 11) is 0. The number of aromatic carboxylic acids is 1. The van der Waals surface area contributed by atoms with Gasteiger partial charge in [0.25, 0.3) is 0 Å². The van der Waals surface area contributed by atoms with E-state index in [4.69, 9.17) is 9.84 Å². The minimum Gasteiger partial charge on any atom is -0.478 e. The van der Waals surface area contributed by atoms with E-state index in [9.17, 15) is 4.79 Å². The van der Waals surface area contributed by atoms with E-state index in [1.54, 1.807) is 30.4 Å². The maximum Gasteiger partial charge on any atom is 0.335 e. The van der Waals surface area contributed by atoms with Crippen molar-refractivity contribution in [2.24, 2.45) is 0 Å². The minimum atomic E-state index is -0.961. The van der Waals surface area contributed by atoms with Crippen molar-refractivity contribution in [3.63, 3.8) is 0 Å². The molecule has 0 aliphatic rings. The summed E-state index contributed by atoms with van der Waals surface area (Å²) in [6.45, 7) is 7.13. The number of hydrogen-bond donors (Lipinski definition) is 1. The maximum atomic E-state index is 10.6. The zero-order valence-corrected chi connectivity index (χ0v) is 8.72. The van der Waals surface area contributed by atoms with Crippen molar-refractivity contribution in [2.45, 2.75) is 0 Å². The van der Waals surface area contributed by atoms with Gasteiger partial charge in [0, 0.05) is 0 Å². The van der Waals surface area contributed by atoms with E-state index in [1.807, 2.05) is 0 Å². The van der Waals surface area contributed by atoms with Crippen LogP contribution in [0.15, 0.2) is 61.4 Å². The van der Waals surface area contributed by atoms with E-state index in [0.717, 1.165) is 0 Å². The second-order valence-corrected chi connectivity index (χ2v) is 2.94. The van der Waals surface area contributed by atoms with Crippen LogP contribution in [-0.4, -0.2) is 11.1 Å². The fourth-order valence-corrected chi connectivity index (χ4v) is 1.06. The Hall–Kier alpha value is -2.29. The van der Waals surface area contributed by atoms with Crippen molar-refractivity contribution < 1.29 is 14.6 Å². The highest BCUT2D eigenvalue weighted by Gasteiger charge is 2.02. The summed E-state index contributed by atoms with van der Waals surface area (Å²) in [5.74, 6) is 0.146. The molecule has 0 saturated heterocycles. The summed E-state index contributed by atoms with van der Waals surface area (Å²) in [6.07, 6.45) is 4.80. The van der Waals surface area contributed by atoms with Crippen molar-refractivity contribution in [3.8, 4) is 5.75 Å². The third-order valence-electron chi connectivity index (χ3n) is 1.82. The second kappa shape index (κ2) is 5.56. The molecular formula is C13H12O3. The van der Waals surface area contributed by atoms with E-state index < -0.39 is 5.97 Å². The van der Waals surface area contributed by atoms with Crippen LogP contribution in [0.3, 0.4) is 0 Å². The lowest BCUT2D eigenvalue weighted by molar-refractivity contribution is 0.0697. The molecule has 1 aromatic rings. The largest absolute Gasteiger partial charge is 0.478 e. The SMILES string of the molecule is C=C/C=C(\C=C)Oc1ccc(C(=O)O)cc1. The number of allylic oxidation sites excluding steroid dienone is 3. The van der Waals surface area contributed by atoms with Gasteiger partial charge in [0.1, 0.15) is 11.5 Å². The Morgan fingerprint density at radius 2 is 1.88 bits per heavy atom. The summed E-state index contributed by atoms with van der Waals surface area (Å²) >= 11 is 0. The first-order chi connectivity index (χ1) is 7.67. The number of carboxylic acids is 1. The number of ether oxygens (including phenoxy) is 1. The van der Waals surface area contributed by atoms with Gasteiger partial charge in [-0.15, -0.1) is 0 Å². The minimum absolute atomic E-state index is 0.222. The van der Waals surface area contributed by atoms with E-state index in [1.165, 1.54) is 12.1 Å². The van der Waals surface area contributed by atoms with Crippen LogP contribution < -0.4 is 4.74 Å². The number of benzene rings is 1. The molecule has 3 heteroatoms. The van der Waals surface area contributed by atoms with Crippen molar-refractivity contribution in [1.29, 1.82) is 0 Å². The summed E-state index contributed by atoms with van der Waals surface area (Å²) in [5, 5.41) is 8.71. The zero-order chi connectivity index (χ0) is 12.0. The molecule has 0 aliphatic heterocycles. The van der Waals surface area contributed by atoms with Crippen LogP contribution in [0, 0.1) is 0 Å². The molecule has 0 bridgehead atoms. The van der Waals surface area contributed by atoms with Crippen LogP contribution in [0.4, 0.5) is 0 Å². The Kier molecular flexibility index (Phi) is 4.09. The summed E-state index contributed by atoms with van der Waals surface area (Å²) in [5.41, 5.74) is 0.222. The molecule has 0 spiro atoms. The lowest BCUT2D eigenvalue weighted by Crippen LogP contribution is -1.96. The molecule has 0 fully saturated rings. The van der Waals surface area contributed by atoms with Crippen molar-refractivity contribution >= 4 is 5.97 Å². The first kappa shape index (κ1) is 11.8. The van der Waals surface area contributed by atoms with Gasteiger partial charge in [-0.1, -0.05) is 19.2 Å². The highest BCUT2D eigenvalue weighted by Crippen LogP contribution is 2.15. The number of hydrogen-bond acceptors (Lipinski definition) is 2. The number of carboxylic acid groups (broad SMARTS) is 1. The van der Waals surface area contributed by atoms with Crippen LogP contribution in [0.2, 0.25) is 0 Å². The predicted molar refractivity (Wildman–Crippen MR) is 62.5 cm³/mol. The smallest absolute Gasteiger partial charge is 0.335 e. The number of carbonyl (C=O) groups is 1. The Balaban J connectivity index is 2.82. The van der Waals surface area contributed by atoms with Crippen molar-refractivity contribution in [3.05, 3.63) is 67.0 Å². The molecule has 0 radical (unpaired) electrons. The van der Waals surface area contributed by atoms with Gasteiger partial charge in [0.2, 0.25) is 0 Å². The molecule has 0 unspecified atom stereocenters. The molecule has 16 heavy (non-hydrogen) atoms. The molecule has 0 saturated carbocycles. The van der Waals surface area contributed by atoms with Crippen LogP contribution in [0.5, 0.6) is 5.75 Å². The number of rotatable bonds is 5. The van der Waals surface area contributed by atoms with Gasteiger partial charge in [0.15, 0.2) is 0 Å². The normalized spacial score (nSPS) is 10.6. The first-order valence-corrected chi connectivity index (χ1v) is 4.63. The molecule has 1 rings (SSSR count). The highest BCUT2D eigenvalue weighted by molar-refractivity contribution is 5.87. The molecule has 82 valence electrons. The van der Waals surface area contributed by atoms with Crippen molar-refractivity contribution in [2.75, 3.05) is 0 Å². The molecule has 0 atom stereocenters. The molecule has 1 aromatic carbocycles. The topological polar surface area (TPSA) is 46.5 Å². The Morgan fingerprint density at radius 1 is 1.25 bits per heavy atom. The molecule has 0 aromatic heterocycles. The van der Waals surface area contributed by atoms with Gasteiger partial charge in [-0.25, -0.2) is 4.79 Å². The van der Waals surface area contributed by atoms with Crippen LogP contribution in [0.1, 0.15) is 10.4 Å². The van der Waals surface area contributed by atoms with Crippen LogP contribution >= 0.6 is 0 Å². The van der Waals surface area contributed by atoms with Crippen LogP contribution in [-0.2, 0) is 0 Å². The molecule has 0 heterocycles. The lowest BCUT2D eigenvalue weighted by Gasteiger charge is -2.05. The Bertz CT molecular complexity index is 427. The van der Waals surface area contributed by atoms with Gasteiger partial charge >= 0.3 is 5.97 Å². The van der Waals surface area contributed by atoms with Gasteiger partial charge in [-0.3, -0.25) is 0 Å². The molecule has 1 N–H and O–H groups in total. The van der Waals surface area contributed by atoms with E-state index in [2.05, 4.69) is 13.2 Å². The molecule has 0 amide bonds. The highest BCUT2D eigenvalue weighted by atomic mass is 16.5. The summed E-state index contributed by atoms with van der Waals surface area (Å²) < 4.78 is 5.42. The van der Waals surface area contributed by atoms with Gasteiger partial charge in [-0.2, -0.15) is 0 Å². The molecule has 3 nitrogen and oxygen atoms in total. The lowest BCUT2D eigenvalue weighted by atomic mass is 10.2. The quantitative estimate of drug-likeness (QED) is 0.608. The zero-order valence-electron chi connectivity index (χ0n) is 8.72. The van der Waals surface area contributed by atoms with E-state index in [0.29, 0.717) is 11.5 Å². The van der Waals surface area contributed by atoms with Gasteiger partial charge in [0.05, 0.1) is 5.56 Å². The maximum absolute atomic E-state index is 10.6. The fraction of sp³-hybridized carbons (Fsp3) is 0. The van der Waals surface area contributed by atoms with Crippen LogP contribution in [0.25, 0.3) is 0 Å². The fourth-order valence-electron chi connectivity index (χ4n) is 1.06. The Morgan fingerprint density at radius 3 is 2.31 bits per heavy atom. The van der Waals surface area contributed by atoms with E-state index >= 15 is 0 Å². The van der Waals surface area contributed by atoms with Crippen molar-refractivity contribution in [1.82, 2.24) is 0 Å². The van der Waals surface area contributed by atoms with Gasteiger partial charge in [-0.05, 0) is 36.4 Å². The average Bonchev–Trinajstić information content (AvgIpc) is 2.29. The third-order valence-corrected chi connectivity index (χ3v) is 1.82. The average molecular weight is 216 g/mol. The molecular weight excluding hydrogens is 204 g/mol. The standard InChI is InChI=1S/C13H12O3/c1-3-5-11(4-2)16-12-8-6-10(7-9-12)13(14)15/h3-9H,1-2H2,(H,14,15)/b11-5+. The predicted octanol–water partition coefficient (Wildman–Crippen LogP) is 3.02. The third kappa shape index (κ3) is 3.13. The summed E-state index contributed by atoms with van der Waals surface area (Å²) in [6, 6.07) is 6.13.